The third-order valence-corrected chi connectivity index (χ3v) is 3.77. The van der Waals surface area contributed by atoms with E-state index in [2.05, 4.69) is 26.0 Å². The molecule has 0 aliphatic carbocycles. The van der Waals surface area contributed by atoms with Crippen molar-refractivity contribution in [2.45, 2.75) is 26.3 Å². The first-order chi connectivity index (χ1) is 9.08. The first kappa shape index (κ1) is 14.0. The molecular formula is C15H21NO3. The number of morpholine rings is 1. The van der Waals surface area contributed by atoms with Gasteiger partial charge in [0.1, 0.15) is 6.04 Å². The summed E-state index contributed by atoms with van der Waals surface area (Å²) in [7, 11) is 0. The molecule has 1 aliphatic heterocycles. The minimum absolute atomic E-state index is 0.453. The van der Waals surface area contributed by atoms with Gasteiger partial charge in [0, 0.05) is 13.1 Å². The predicted octanol–water partition coefficient (Wildman–Crippen LogP) is 1.63. The smallest absolute Gasteiger partial charge is 0.321 e. The minimum Gasteiger partial charge on any atom is -0.480 e. The molecule has 2 rings (SSSR count). The quantitative estimate of drug-likeness (QED) is 0.897. The fourth-order valence-corrected chi connectivity index (χ4v) is 2.42. The monoisotopic (exact) mass is 263 g/mol. The van der Waals surface area contributed by atoms with Gasteiger partial charge in [-0.25, -0.2) is 0 Å². The summed E-state index contributed by atoms with van der Waals surface area (Å²) in [6.45, 7) is 6.76. The van der Waals surface area contributed by atoms with Crippen LogP contribution in [-0.4, -0.2) is 48.3 Å². The second-order valence-electron chi connectivity index (χ2n) is 5.13. The molecule has 0 radical (unpaired) electrons. The molecule has 104 valence electrons. The van der Waals surface area contributed by atoms with E-state index in [0.717, 1.165) is 5.56 Å². The summed E-state index contributed by atoms with van der Waals surface area (Å²) in [5, 5.41) is 9.43. The van der Waals surface area contributed by atoms with E-state index < -0.39 is 12.0 Å². The number of benzene rings is 1. The van der Waals surface area contributed by atoms with Crippen molar-refractivity contribution in [3.63, 3.8) is 0 Å². The number of nitrogens with zero attached hydrogens (tertiary/aromatic N) is 1. The molecule has 1 heterocycles. The van der Waals surface area contributed by atoms with Gasteiger partial charge in [-0.05, 0) is 37.0 Å². The summed E-state index contributed by atoms with van der Waals surface area (Å²) in [6, 6.07) is 5.72. The number of rotatable bonds is 4. The summed E-state index contributed by atoms with van der Waals surface area (Å²) in [4.78, 5) is 13.5. The molecule has 0 saturated carbocycles. The molecule has 4 heteroatoms. The minimum atomic E-state index is -0.750. The zero-order valence-corrected chi connectivity index (χ0v) is 11.6. The Balaban J connectivity index is 2.11. The molecule has 0 spiro atoms. The number of hydrogen-bond donors (Lipinski definition) is 1. The maximum absolute atomic E-state index is 11.5. The lowest BCUT2D eigenvalue weighted by atomic mass is 10.00. The number of carboxylic acids is 1. The molecule has 1 N–H and O–H groups in total. The van der Waals surface area contributed by atoms with E-state index in [4.69, 9.17) is 4.74 Å². The lowest BCUT2D eigenvalue weighted by Crippen LogP contribution is -2.48. The van der Waals surface area contributed by atoms with Crippen LogP contribution in [0.4, 0.5) is 0 Å². The Kier molecular flexibility index (Phi) is 4.56. The molecule has 1 aliphatic rings. The largest absolute Gasteiger partial charge is 0.480 e. The number of carboxylic acid groups (broad SMARTS) is 1. The van der Waals surface area contributed by atoms with Crippen molar-refractivity contribution in [3.8, 4) is 0 Å². The Morgan fingerprint density at radius 1 is 1.32 bits per heavy atom. The maximum Gasteiger partial charge on any atom is 0.321 e. The summed E-state index contributed by atoms with van der Waals surface area (Å²) in [5.41, 5.74) is 3.53. The van der Waals surface area contributed by atoms with Crippen molar-refractivity contribution < 1.29 is 14.6 Å². The molecule has 0 bridgehead atoms. The van der Waals surface area contributed by atoms with Gasteiger partial charge in [-0.1, -0.05) is 18.2 Å². The molecule has 1 aromatic rings. The van der Waals surface area contributed by atoms with Crippen molar-refractivity contribution in [2.75, 3.05) is 26.3 Å². The van der Waals surface area contributed by atoms with E-state index in [-0.39, 0.29) is 0 Å². The number of hydrogen-bond acceptors (Lipinski definition) is 3. The molecule has 0 amide bonds. The SMILES string of the molecule is Cc1ccc(CC(C(=O)O)N2CCOCC2)cc1C. The topological polar surface area (TPSA) is 49.8 Å². The van der Waals surface area contributed by atoms with Gasteiger partial charge in [0.15, 0.2) is 0 Å². The average Bonchev–Trinajstić information content (AvgIpc) is 2.40. The van der Waals surface area contributed by atoms with Gasteiger partial charge >= 0.3 is 5.97 Å². The Morgan fingerprint density at radius 2 is 2.00 bits per heavy atom. The molecule has 4 nitrogen and oxygen atoms in total. The van der Waals surface area contributed by atoms with Gasteiger partial charge < -0.3 is 9.84 Å². The van der Waals surface area contributed by atoms with Crippen LogP contribution >= 0.6 is 0 Å². The van der Waals surface area contributed by atoms with E-state index in [0.29, 0.717) is 32.7 Å². The van der Waals surface area contributed by atoms with Crippen LogP contribution < -0.4 is 0 Å². The van der Waals surface area contributed by atoms with Gasteiger partial charge in [-0.15, -0.1) is 0 Å². The molecule has 1 atom stereocenters. The third kappa shape index (κ3) is 3.55. The molecule has 1 aromatic carbocycles. The second-order valence-corrected chi connectivity index (χ2v) is 5.13. The summed E-state index contributed by atoms with van der Waals surface area (Å²) in [5.74, 6) is -0.750. The number of carbonyl (C=O) groups is 1. The first-order valence-electron chi connectivity index (χ1n) is 6.68. The van der Waals surface area contributed by atoms with E-state index in [1.807, 2.05) is 11.0 Å². The highest BCUT2D eigenvalue weighted by atomic mass is 16.5. The number of aliphatic carboxylic acids is 1. The summed E-state index contributed by atoms with van der Waals surface area (Å²) < 4.78 is 5.28. The van der Waals surface area contributed by atoms with Gasteiger partial charge in [-0.3, -0.25) is 9.69 Å². The molecule has 1 saturated heterocycles. The van der Waals surface area contributed by atoms with Gasteiger partial charge in [0.2, 0.25) is 0 Å². The summed E-state index contributed by atoms with van der Waals surface area (Å²) in [6.07, 6.45) is 0.552. The zero-order chi connectivity index (χ0) is 13.8. The van der Waals surface area contributed by atoms with Crippen LogP contribution in [0.5, 0.6) is 0 Å². The van der Waals surface area contributed by atoms with Crippen molar-refractivity contribution >= 4 is 5.97 Å². The number of ether oxygens (including phenoxy) is 1. The molecular weight excluding hydrogens is 242 g/mol. The van der Waals surface area contributed by atoms with Crippen LogP contribution in [0, 0.1) is 13.8 Å². The molecule has 0 aromatic heterocycles. The van der Waals surface area contributed by atoms with Crippen LogP contribution in [0.15, 0.2) is 18.2 Å². The molecule has 19 heavy (non-hydrogen) atoms. The highest BCUT2D eigenvalue weighted by Gasteiger charge is 2.27. The van der Waals surface area contributed by atoms with Crippen LogP contribution in [0.2, 0.25) is 0 Å². The predicted molar refractivity (Wildman–Crippen MR) is 73.4 cm³/mol. The van der Waals surface area contributed by atoms with E-state index in [9.17, 15) is 9.90 Å². The van der Waals surface area contributed by atoms with Gasteiger partial charge in [0.05, 0.1) is 13.2 Å². The van der Waals surface area contributed by atoms with E-state index in [1.165, 1.54) is 11.1 Å². The molecule has 1 fully saturated rings. The van der Waals surface area contributed by atoms with Gasteiger partial charge in [0.25, 0.3) is 0 Å². The van der Waals surface area contributed by atoms with Crippen molar-refractivity contribution in [1.82, 2.24) is 4.90 Å². The molecule has 1 unspecified atom stereocenters. The van der Waals surface area contributed by atoms with Crippen LogP contribution in [0.25, 0.3) is 0 Å². The van der Waals surface area contributed by atoms with Crippen LogP contribution in [0.3, 0.4) is 0 Å². The second kappa shape index (κ2) is 6.17. The Labute approximate surface area is 114 Å². The highest BCUT2D eigenvalue weighted by Crippen LogP contribution is 2.15. The van der Waals surface area contributed by atoms with Crippen molar-refractivity contribution in [1.29, 1.82) is 0 Å². The number of aryl methyl sites for hydroxylation is 2. The average molecular weight is 263 g/mol. The van der Waals surface area contributed by atoms with Crippen molar-refractivity contribution in [3.05, 3.63) is 34.9 Å². The highest BCUT2D eigenvalue weighted by molar-refractivity contribution is 5.74. The van der Waals surface area contributed by atoms with Crippen molar-refractivity contribution in [2.24, 2.45) is 0 Å². The Hall–Kier alpha value is -1.39. The van der Waals surface area contributed by atoms with E-state index >= 15 is 0 Å². The lowest BCUT2D eigenvalue weighted by Gasteiger charge is -2.32. The fourth-order valence-electron chi connectivity index (χ4n) is 2.42. The Morgan fingerprint density at radius 3 is 2.58 bits per heavy atom. The normalized spacial score (nSPS) is 18.2. The Bertz CT molecular complexity index is 453. The fraction of sp³-hybridized carbons (Fsp3) is 0.533. The first-order valence-corrected chi connectivity index (χ1v) is 6.68. The van der Waals surface area contributed by atoms with Crippen LogP contribution in [-0.2, 0) is 16.0 Å². The zero-order valence-electron chi connectivity index (χ0n) is 11.6. The lowest BCUT2D eigenvalue weighted by molar-refractivity contribution is -0.145. The van der Waals surface area contributed by atoms with E-state index in [1.54, 1.807) is 0 Å². The van der Waals surface area contributed by atoms with Gasteiger partial charge in [-0.2, -0.15) is 0 Å². The standard InChI is InChI=1S/C15H21NO3/c1-11-3-4-13(9-12(11)2)10-14(15(17)18)16-5-7-19-8-6-16/h3-4,9,14H,5-8,10H2,1-2H3,(H,17,18). The van der Waals surface area contributed by atoms with Crippen LogP contribution in [0.1, 0.15) is 16.7 Å². The maximum atomic E-state index is 11.5. The third-order valence-electron chi connectivity index (χ3n) is 3.77. The summed E-state index contributed by atoms with van der Waals surface area (Å²) >= 11 is 0.